The number of hydrogen-bond acceptors (Lipinski definition) is 5. The molecule has 8 nitrogen and oxygen atoms in total. The Balaban J connectivity index is 1.72. The third-order valence-corrected chi connectivity index (χ3v) is 4.32. The van der Waals surface area contributed by atoms with Crippen LogP contribution in [0.1, 0.15) is 25.3 Å². The number of carbonyl (C=O) groups is 1. The molecule has 1 aliphatic rings. The molecule has 23 heavy (non-hydrogen) atoms. The highest BCUT2D eigenvalue weighted by atomic mass is 16.2. The fraction of sp³-hybridized carbons (Fsp3) is 0.667. The van der Waals surface area contributed by atoms with Crippen molar-refractivity contribution in [2.45, 2.75) is 32.4 Å². The molecule has 1 fully saturated rings. The Labute approximate surface area is 134 Å². The monoisotopic (exact) mass is 323 g/mol. The van der Waals surface area contributed by atoms with Gasteiger partial charge in [-0.3, -0.25) is 19.5 Å². The average Bonchev–Trinajstić information content (AvgIpc) is 2.52. The predicted molar refractivity (Wildman–Crippen MR) is 87.3 cm³/mol. The van der Waals surface area contributed by atoms with Crippen LogP contribution in [0.2, 0.25) is 0 Å². The smallest absolute Gasteiger partial charge is 0.325 e. The van der Waals surface area contributed by atoms with Crippen LogP contribution in [0.4, 0.5) is 0 Å². The van der Waals surface area contributed by atoms with Crippen LogP contribution in [0, 0.1) is 0 Å². The first-order valence-electron chi connectivity index (χ1n) is 7.96. The molecule has 0 saturated carbocycles. The highest BCUT2D eigenvalue weighted by molar-refractivity contribution is 5.75. The molecule has 2 rings (SSSR count). The van der Waals surface area contributed by atoms with Crippen molar-refractivity contribution >= 4 is 5.91 Å². The Hall–Kier alpha value is -1.93. The van der Waals surface area contributed by atoms with Crippen LogP contribution in [0.25, 0.3) is 0 Å². The molecule has 2 heterocycles. The predicted octanol–water partition coefficient (Wildman–Crippen LogP) is -0.904. The van der Waals surface area contributed by atoms with E-state index in [1.54, 1.807) is 0 Å². The highest BCUT2D eigenvalue weighted by Crippen LogP contribution is 2.09. The molecule has 0 unspecified atom stereocenters. The van der Waals surface area contributed by atoms with E-state index in [-0.39, 0.29) is 12.5 Å². The lowest BCUT2D eigenvalue weighted by atomic mass is 10.1. The molecule has 0 aliphatic carbocycles. The summed E-state index contributed by atoms with van der Waals surface area (Å²) in [4.78, 5) is 43.6. The Morgan fingerprint density at radius 3 is 2.65 bits per heavy atom. The van der Waals surface area contributed by atoms with E-state index in [1.807, 2.05) is 0 Å². The highest BCUT2D eigenvalue weighted by Gasteiger charge is 2.19. The van der Waals surface area contributed by atoms with Crippen molar-refractivity contribution in [3.8, 4) is 0 Å². The molecule has 128 valence electrons. The van der Waals surface area contributed by atoms with Gasteiger partial charge >= 0.3 is 5.69 Å². The Morgan fingerprint density at radius 1 is 1.30 bits per heavy atom. The summed E-state index contributed by atoms with van der Waals surface area (Å²) < 4.78 is 0. The molecule has 1 saturated heterocycles. The van der Waals surface area contributed by atoms with Crippen molar-refractivity contribution in [3.63, 3.8) is 0 Å². The summed E-state index contributed by atoms with van der Waals surface area (Å²) in [6.07, 6.45) is 2.54. The van der Waals surface area contributed by atoms with Gasteiger partial charge < -0.3 is 15.2 Å². The van der Waals surface area contributed by atoms with Crippen molar-refractivity contribution in [1.82, 2.24) is 25.1 Å². The number of nitrogens with zero attached hydrogens (tertiary/aromatic N) is 2. The molecule has 0 bridgehead atoms. The number of hydrogen-bond donors (Lipinski definition) is 3. The van der Waals surface area contributed by atoms with Gasteiger partial charge in [0.15, 0.2) is 0 Å². The van der Waals surface area contributed by atoms with Gasteiger partial charge in [0.05, 0.1) is 5.56 Å². The van der Waals surface area contributed by atoms with E-state index in [4.69, 9.17) is 0 Å². The van der Waals surface area contributed by atoms with Gasteiger partial charge in [0.25, 0.3) is 5.56 Å². The normalized spacial score (nSPS) is 17.8. The van der Waals surface area contributed by atoms with Gasteiger partial charge in [-0.05, 0) is 20.4 Å². The second-order valence-corrected chi connectivity index (χ2v) is 6.10. The molecule has 1 amide bonds. The summed E-state index contributed by atoms with van der Waals surface area (Å²) in [6, 6.07) is 0.367. The number of likely N-dealkylation sites (N-methyl/N-ethyl adjacent to an activating group) is 1. The average molecular weight is 323 g/mol. The zero-order chi connectivity index (χ0) is 16.8. The van der Waals surface area contributed by atoms with Gasteiger partial charge in [-0.1, -0.05) is 0 Å². The second kappa shape index (κ2) is 8.07. The van der Waals surface area contributed by atoms with Crippen LogP contribution in [-0.4, -0.2) is 64.9 Å². The standard InChI is InChI=1S/C15H25N5O3/c1-11(20-7-5-19(2)6-8-20)3-4-13(21)16-9-12-10-17-15(23)18-14(12)22/h10-11H,3-9H2,1-2H3,(H,16,21)(H2,17,18,22,23)/t11-/m1/s1. The maximum absolute atomic E-state index is 11.9. The molecular formula is C15H25N5O3. The number of nitrogens with one attached hydrogen (secondary N) is 3. The maximum Gasteiger partial charge on any atom is 0.325 e. The van der Waals surface area contributed by atoms with E-state index in [0.29, 0.717) is 18.0 Å². The van der Waals surface area contributed by atoms with Crippen LogP contribution in [0.15, 0.2) is 15.8 Å². The summed E-state index contributed by atoms with van der Waals surface area (Å²) in [5.74, 6) is -0.0865. The Bertz CT molecular complexity index is 630. The number of H-pyrrole nitrogens is 2. The van der Waals surface area contributed by atoms with E-state index in [9.17, 15) is 14.4 Å². The lowest BCUT2D eigenvalue weighted by molar-refractivity contribution is -0.121. The van der Waals surface area contributed by atoms with Gasteiger partial charge in [0.1, 0.15) is 0 Å². The zero-order valence-electron chi connectivity index (χ0n) is 13.7. The number of aromatic amines is 2. The van der Waals surface area contributed by atoms with Crippen molar-refractivity contribution in [1.29, 1.82) is 0 Å². The lowest BCUT2D eigenvalue weighted by Gasteiger charge is -2.36. The SMILES string of the molecule is C[C@H](CCC(=O)NCc1c[nH]c(=O)[nH]c1=O)N1CCN(C)CC1. The van der Waals surface area contributed by atoms with Crippen LogP contribution < -0.4 is 16.6 Å². The largest absolute Gasteiger partial charge is 0.352 e. The van der Waals surface area contributed by atoms with Gasteiger partial charge in [-0.25, -0.2) is 4.79 Å². The first-order chi connectivity index (χ1) is 11.0. The fourth-order valence-electron chi connectivity index (χ4n) is 2.64. The molecule has 1 aromatic rings. The van der Waals surface area contributed by atoms with Crippen LogP contribution in [0.3, 0.4) is 0 Å². The third kappa shape index (κ3) is 5.33. The van der Waals surface area contributed by atoms with Crippen LogP contribution >= 0.6 is 0 Å². The minimum absolute atomic E-state index is 0.0865. The van der Waals surface area contributed by atoms with E-state index in [1.165, 1.54) is 6.20 Å². The summed E-state index contributed by atoms with van der Waals surface area (Å²) in [5, 5.41) is 2.72. The third-order valence-electron chi connectivity index (χ3n) is 4.32. The molecule has 1 atom stereocenters. The van der Waals surface area contributed by atoms with Gasteiger partial charge in [0, 0.05) is 51.4 Å². The van der Waals surface area contributed by atoms with E-state index < -0.39 is 11.2 Å². The minimum atomic E-state index is -0.550. The van der Waals surface area contributed by atoms with Crippen LogP contribution in [-0.2, 0) is 11.3 Å². The summed E-state index contributed by atoms with van der Waals surface area (Å²) in [5.41, 5.74) is -0.684. The van der Waals surface area contributed by atoms with Gasteiger partial charge in [-0.2, -0.15) is 0 Å². The molecule has 3 N–H and O–H groups in total. The van der Waals surface area contributed by atoms with Gasteiger partial charge in [0.2, 0.25) is 5.91 Å². The molecule has 0 aromatic carbocycles. The van der Waals surface area contributed by atoms with Crippen LogP contribution in [0.5, 0.6) is 0 Å². The Kier molecular flexibility index (Phi) is 6.12. The quantitative estimate of drug-likeness (QED) is 0.629. The number of rotatable bonds is 6. The fourth-order valence-corrected chi connectivity index (χ4v) is 2.64. The maximum atomic E-state index is 11.9. The first kappa shape index (κ1) is 17.4. The summed E-state index contributed by atoms with van der Waals surface area (Å²) in [6.45, 7) is 6.45. The number of carbonyl (C=O) groups excluding carboxylic acids is 1. The van der Waals surface area contributed by atoms with Crippen molar-refractivity contribution in [3.05, 3.63) is 32.6 Å². The second-order valence-electron chi connectivity index (χ2n) is 6.10. The van der Waals surface area contributed by atoms with Crippen molar-refractivity contribution < 1.29 is 4.79 Å². The molecule has 0 radical (unpaired) electrons. The van der Waals surface area contributed by atoms with E-state index >= 15 is 0 Å². The number of piperazine rings is 1. The summed E-state index contributed by atoms with van der Waals surface area (Å²) >= 11 is 0. The Morgan fingerprint density at radius 2 is 2.00 bits per heavy atom. The summed E-state index contributed by atoms with van der Waals surface area (Å²) in [7, 11) is 2.12. The molecule has 8 heteroatoms. The van der Waals surface area contributed by atoms with Crippen molar-refractivity contribution in [2.75, 3.05) is 33.2 Å². The van der Waals surface area contributed by atoms with Gasteiger partial charge in [-0.15, -0.1) is 0 Å². The number of amides is 1. The van der Waals surface area contributed by atoms with E-state index in [2.05, 4.69) is 39.1 Å². The topological polar surface area (TPSA) is 101 Å². The number of aromatic nitrogens is 2. The molecular weight excluding hydrogens is 298 g/mol. The van der Waals surface area contributed by atoms with Crippen molar-refractivity contribution in [2.24, 2.45) is 0 Å². The molecule has 0 spiro atoms. The lowest BCUT2D eigenvalue weighted by Crippen LogP contribution is -2.48. The molecule has 1 aliphatic heterocycles. The zero-order valence-corrected chi connectivity index (χ0v) is 13.7. The minimum Gasteiger partial charge on any atom is -0.352 e. The molecule has 1 aromatic heterocycles. The van der Waals surface area contributed by atoms with E-state index in [0.717, 1.165) is 32.6 Å². The first-order valence-corrected chi connectivity index (χ1v) is 7.96.